The average Bonchev–Trinajstić information content (AvgIpc) is 3.24. The number of nitrogens with one attached hydrogen (secondary N) is 1. The van der Waals surface area contributed by atoms with Crippen LogP contribution in [0.2, 0.25) is 0 Å². The van der Waals surface area contributed by atoms with Crippen LogP contribution in [0.1, 0.15) is 34.9 Å². The number of hydrogen-bond acceptors (Lipinski definition) is 3. The lowest BCUT2D eigenvalue weighted by Gasteiger charge is -2.08. The molecule has 7 heteroatoms. The minimum absolute atomic E-state index is 0.183. The Bertz CT molecular complexity index is 733. The van der Waals surface area contributed by atoms with Gasteiger partial charge in [-0.2, -0.15) is 13.2 Å². The van der Waals surface area contributed by atoms with Gasteiger partial charge in [-0.05, 0) is 37.8 Å². The second kappa shape index (κ2) is 5.40. The molecule has 0 unspecified atom stereocenters. The van der Waals surface area contributed by atoms with Crippen LogP contribution >= 0.6 is 0 Å². The molecule has 0 bridgehead atoms. The number of halogens is 3. The molecule has 1 fully saturated rings. The number of anilines is 1. The van der Waals surface area contributed by atoms with Crippen molar-refractivity contribution in [3.63, 3.8) is 0 Å². The van der Waals surface area contributed by atoms with Gasteiger partial charge in [0, 0.05) is 5.92 Å². The van der Waals surface area contributed by atoms with E-state index in [-0.39, 0.29) is 17.7 Å². The van der Waals surface area contributed by atoms with Gasteiger partial charge in [-0.25, -0.2) is 0 Å². The van der Waals surface area contributed by atoms with Crippen LogP contribution in [-0.4, -0.2) is 11.1 Å². The van der Waals surface area contributed by atoms with E-state index in [0.29, 0.717) is 29.1 Å². The fourth-order valence-electron chi connectivity index (χ4n) is 2.68. The third kappa shape index (κ3) is 3.09. The van der Waals surface area contributed by atoms with Gasteiger partial charge in [-0.3, -0.25) is 4.79 Å². The van der Waals surface area contributed by atoms with E-state index in [1.54, 1.807) is 19.9 Å². The summed E-state index contributed by atoms with van der Waals surface area (Å²) in [6, 6.07) is 5.15. The van der Waals surface area contributed by atoms with Gasteiger partial charge in [-0.15, -0.1) is 0 Å². The SMILES string of the molecule is Cc1noc(C)c1NC(=O)[C@@H]1C[C@@H]1c1cccc(C(F)(F)F)c1. The molecule has 2 aromatic rings. The van der Waals surface area contributed by atoms with Crippen molar-refractivity contribution in [3.8, 4) is 0 Å². The first-order valence-corrected chi connectivity index (χ1v) is 7.18. The van der Waals surface area contributed by atoms with Gasteiger partial charge in [-0.1, -0.05) is 23.4 Å². The quantitative estimate of drug-likeness (QED) is 0.926. The van der Waals surface area contributed by atoms with Crippen molar-refractivity contribution in [1.82, 2.24) is 5.16 Å². The van der Waals surface area contributed by atoms with E-state index in [2.05, 4.69) is 10.5 Å². The molecule has 1 saturated carbocycles. The molecule has 1 N–H and O–H groups in total. The van der Waals surface area contributed by atoms with Crippen LogP contribution in [0.3, 0.4) is 0 Å². The molecule has 23 heavy (non-hydrogen) atoms. The highest BCUT2D eigenvalue weighted by Crippen LogP contribution is 2.49. The van der Waals surface area contributed by atoms with Crippen molar-refractivity contribution >= 4 is 11.6 Å². The van der Waals surface area contributed by atoms with Crippen LogP contribution in [0.15, 0.2) is 28.8 Å². The zero-order valence-corrected chi connectivity index (χ0v) is 12.6. The van der Waals surface area contributed by atoms with Gasteiger partial charge in [0.15, 0.2) is 5.76 Å². The summed E-state index contributed by atoms with van der Waals surface area (Å²) in [4.78, 5) is 12.2. The van der Waals surface area contributed by atoms with Crippen LogP contribution in [-0.2, 0) is 11.0 Å². The predicted octanol–water partition coefficient (Wildman–Crippen LogP) is 4.05. The highest BCUT2D eigenvalue weighted by atomic mass is 19.4. The number of benzene rings is 1. The van der Waals surface area contributed by atoms with Gasteiger partial charge in [0.05, 0.1) is 5.56 Å². The molecule has 0 aliphatic heterocycles. The van der Waals surface area contributed by atoms with Crippen molar-refractivity contribution in [1.29, 1.82) is 0 Å². The van der Waals surface area contributed by atoms with Gasteiger partial charge in [0.1, 0.15) is 11.4 Å². The van der Waals surface area contributed by atoms with Crippen molar-refractivity contribution in [3.05, 3.63) is 46.8 Å². The van der Waals surface area contributed by atoms with Gasteiger partial charge < -0.3 is 9.84 Å². The summed E-state index contributed by atoms with van der Waals surface area (Å²) in [6.07, 6.45) is -3.84. The Morgan fingerprint density at radius 3 is 2.70 bits per heavy atom. The molecule has 2 atom stereocenters. The summed E-state index contributed by atoms with van der Waals surface area (Å²) in [5.41, 5.74) is 0.960. The Balaban J connectivity index is 1.71. The van der Waals surface area contributed by atoms with E-state index in [1.807, 2.05) is 0 Å². The van der Waals surface area contributed by atoms with E-state index in [0.717, 1.165) is 12.1 Å². The second-order valence-corrected chi connectivity index (χ2v) is 5.76. The number of aromatic nitrogens is 1. The maximum Gasteiger partial charge on any atom is 0.416 e. The molecule has 1 amide bonds. The number of rotatable bonds is 3. The highest BCUT2D eigenvalue weighted by Gasteiger charge is 2.45. The fraction of sp³-hybridized carbons (Fsp3) is 0.375. The fourth-order valence-corrected chi connectivity index (χ4v) is 2.68. The first kappa shape index (κ1) is 15.6. The molecule has 1 aliphatic carbocycles. The molecular formula is C16H15F3N2O2. The molecule has 0 spiro atoms. The number of carbonyl (C=O) groups is 1. The predicted molar refractivity (Wildman–Crippen MR) is 76.9 cm³/mol. The second-order valence-electron chi connectivity index (χ2n) is 5.76. The number of amides is 1. The minimum atomic E-state index is -4.38. The van der Waals surface area contributed by atoms with Gasteiger partial charge in [0.2, 0.25) is 5.91 Å². The minimum Gasteiger partial charge on any atom is -0.359 e. The molecule has 1 aromatic heterocycles. The first-order valence-electron chi connectivity index (χ1n) is 7.18. The largest absolute Gasteiger partial charge is 0.416 e. The molecule has 1 aromatic carbocycles. The summed E-state index contributed by atoms with van der Waals surface area (Å²) in [5.74, 6) is -0.223. The lowest BCUT2D eigenvalue weighted by molar-refractivity contribution is -0.137. The van der Waals surface area contributed by atoms with E-state index in [4.69, 9.17) is 4.52 Å². The van der Waals surface area contributed by atoms with E-state index in [1.165, 1.54) is 6.07 Å². The molecule has 122 valence electrons. The molecular weight excluding hydrogens is 309 g/mol. The standard InChI is InChI=1S/C16H15F3N2O2/c1-8-14(9(2)23-21-8)20-15(22)13-7-12(13)10-4-3-5-11(6-10)16(17,18)19/h3-6,12-13H,7H2,1-2H3,(H,20,22)/t12-,13-/m1/s1. The molecule has 1 heterocycles. The lowest BCUT2D eigenvalue weighted by atomic mass is 10.1. The Hall–Kier alpha value is -2.31. The maximum absolute atomic E-state index is 12.8. The zero-order chi connectivity index (χ0) is 16.8. The summed E-state index contributed by atoms with van der Waals surface area (Å²) in [7, 11) is 0. The number of aryl methyl sites for hydroxylation is 2. The summed E-state index contributed by atoms with van der Waals surface area (Å²) < 4.78 is 43.2. The van der Waals surface area contributed by atoms with Crippen LogP contribution in [0.25, 0.3) is 0 Å². The normalized spacial score (nSPS) is 20.4. The third-order valence-electron chi connectivity index (χ3n) is 4.05. The Labute approximate surface area is 130 Å². The Morgan fingerprint density at radius 2 is 2.09 bits per heavy atom. The van der Waals surface area contributed by atoms with Crippen LogP contribution in [0.4, 0.5) is 18.9 Å². The Morgan fingerprint density at radius 1 is 1.35 bits per heavy atom. The smallest absolute Gasteiger partial charge is 0.359 e. The van der Waals surface area contributed by atoms with Crippen molar-refractivity contribution in [2.75, 3.05) is 5.32 Å². The van der Waals surface area contributed by atoms with E-state index >= 15 is 0 Å². The van der Waals surface area contributed by atoms with Crippen LogP contribution in [0.5, 0.6) is 0 Å². The van der Waals surface area contributed by atoms with Crippen molar-refractivity contribution < 1.29 is 22.5 Å². The van der Waals surface area contributed by atoms with E-state index in [9.17, 15) is 18.0 Å². The molecule has 0 saturated heterocycles. The van der Waals surface area contributed by atoms with Crippen LogP contribution < -0.4 is 5.32 Å². The van der Waals surface area contributed by atoms with Gasteiger partial charge >= 0.3 is 6.18 Å². The third-order valence-corrected chi connectivity index (χ3v) is 4.05. The van der Waals surface area contributed by atoms with Crippen LogP contribution in [0, 0.1) is 19.8 Å². The van der Waals surface area contributed by atoms with E-state index < -0.39 is 11.7 Å². The number of alkyl halides is 3. The number of nitrogens with zero attached hydrogens (tertiary/aromatic N) is 1. The zero-order valence-electron chi connectivity index (χ0n) is 12.6. The molecule has 0 radical (unpaired) electrons. The van der Waals surface area contributed by atoms with Crippen molar-refractivity contribution in [2.45, 2.75) is 32.4 Å². The molecule has 3 rings (SSSR count). The molecule has 1 aliphatic rings. The van der Waals surface area contributed by atoms with Crippen molar-refractivity contribution in [2.24, 2.45) is 5.92 Å². The first-order chi connectivity index (χ1) is 10.8. The monoisotopic (exact) mass is 324 g/mol. The maximum atomic E-state index is 12.8. The summed E-state index contributed by atoms with van der Waals surface area (Å²) >= 11 is 0. The topological polar surface area (TPSA) is 55.1 Å². The van der Waals surface area contributed by atoms with Gasteiger partial charge in [0.25, 0.3) is 0 Å². The highest BCUT2D eigenvalue weighted by molar-refractivity contribution is 5.96. The number of carbonyl (C=O) groups excluding carboxylic acids is 1. The summed E-state index contributed by atoms with van der Waals surface area (Å²) in [6.45, 7) is 3.40. The Kier molecular flexibility index (Phi) is 3.66. The average molecular weight is 324 g/mol. The summed E-state index contributed by atoms with van der Waals surface area (Å²) in [5, 5.41) is 6.50. The number of hydrogen-bond donors (Lipinski definition) is 1. The molecule has 4 nitrogen and oxygen atoms in total. The lowest BCUT2D eigenvalue weighted by Crippen LogP contribution is -2.15.